The van der Waals surface area contributed by atoms with Crippen molar-refractivity contribution in [3.05, 3.63) is 59.9 Å². The molecule has 1 aliphatic carbocycles. The second-order valence-electron chi connectivity index (χ2n) is 9.67. The molecule has 1 saturated heterocycles. The summed E-state index contributed by atoms with van der Waals surface area (Å²) < 4.78 is 39.7. The Labute approximate surface area is 211 Å². The van der Waals surface area contributed by atoms with Gasteiger partial charge in [-0.25, -0.2) is 17.5 Å². The zero-order valence-electron chi connectivity index (χ0n) is 20.2. The number of anilines is 2. The smallest absolute Gasteiger partial charge is 0.153 e. The van der Waals surface area contributed by atoms with Crippen molar-refractivity contribution in [1.82, 2.24) is 9.78 Å². The van der Waals surface area contributed by atoms with E-state index in [9.17, 15) is 12.8 Å². The molecule has 2 aliphatic rings. The van der Waals surface area contributed by atoms with Crippen molar-refractivity contribution in [2.24, 2.45) is 5.92 Å². The molecule has 1 N–H and O–H groups in total. The van der Waals surface area contributed by atoms with Gasteiger partial charge in [-0.1, -0.05) is 25.3 Å². The molecule has 5 rings (SSSR count). The van der Waals surface area contributed by atoms with Crippen molar-refractivity contribution >= 4 is 21.3 Å². The first-order chi connectivity index (χ1) is 17.4. The summed E-state index contributed by atoms with van der Waals surface area (Å²) in [5.74, 6) is 1.24. The van der Waals surface area contributed by atoms with Crippen LogP contribution in [0.4, 0.5) is 15.9 Å². The average molecular weight is 508 g/mol. The number of nitriles is 1. The number of aromatic nitrogens is 2. The Morgan fingerprint density at radius 2 is 1.69 bits per heavy atom. The number of nitrogens with one attached hydrogen (secondary N) is 1. The van der Waals surface area contributed by atoms with Crippen LogP contribution in [0.1, 0.15) is 37.7 Å². The molecule has 0 amide bonds. The van der Waals surface area contributed by atoms with E-state index in [1.807, 2.05) is 41.1 Å². The molecule has 0 radical (unpaired) electrons. The largest absolute Gasteiger partial charge is 0.370 e. The Bertz CT molecular complexity index is 1360. The van der Waals surface area contributed by atoms with Crippen molar-refractivity contribution in [3.63, 3.8) is 0 Å². The van der Waals surface area contributed by atoms with Crippen LogP contribution in [-0.4, -0.2) is 49.3 Å². The summed E-state index contributed by atoms with van der Waals surface area (Å²) in [6, 6.07) is 16.2. The van der Waals surface area contributed by atoms with Crippen molar-refractivity contribution < 1.29 is 12.8 Å². The molecule has 0 atom stereocenters. The lowest BCUT2D eigenvalue weighted by atomic mass is 9.89. The standard InChI is InChI=1S/C27H30FN5O2S/c28-25-16-21(6-7-22(25)18-29)26-17-27(30-19-20-4-2-1-3-5-20)33(31-26)24-10-8-23(9-11-24)32-12-14-36(34,35)15-13-32/h6-11,16-17,20,30H,1-5,12-15,19H2. The van der Waals surface area contributed by atoms with Gasteiger partial charge in [-0.2, -0.15) is 10.4 Å². The predicted octanol–water partition coefficient (Wildman–Crippen LogP) is 4.78. The monoisotopic (exact) mass is 507 g/mol. The van der Waals surface area contributed by atoms with E-state index in [4.69, 9.17) is 10.4 Å². The number of sulfone groups is 1. The Kier molecular flexibility index (Phi) is 6.97. The Morgan fingerprint density at radius 3 is 2.36 bits per heavy atom. The zero-order chi connectivity index (χ0) is 25.1. The van der Waals surface area contributed by atoms with E-state index in [1.54, 1.807) is 6.07 Å². The van der Waals surface area contributed by atoms with Gasteiger partial charge in [0.05, 0.1) is 28.5 Å². The third-order valence-corrected chi connectivity index (χ3v) is 8.80. The van der Waals surface area contributed by atoms with E-state index in [-0.39, 0.29) is 17.1 Å². The first-order valence-corrected chi connectivity index (χ1v) is 14.3. The van der Waals surface area contributed by atoms with Gasteiger partial charge in [-0.15, -0.1) is 0 Å². The third-order valence-electron chi connectivity index (χ3n) is 7.20. The summed E-state index contributed by atoms with van der Waals surface area (Å²) >= 11 is 0. The Hall–Kier alpha value is -3.38. The summed E-state index contributed by atoms with van der Waals surface area (Å²) in [5, 5.41) is 17.4. The third kappa shape index (κ3) is 5.39. The first kappa shape index (κ1) is 24.3. The molecule has 2 aromatic carbocycles. The van der Waals surface area contributed by atoms with Gasteiger partial charge in [0.2, 0.25) is 0 Å². The van der Waals surface area contributed by atoms with Gasteiger partial charge < -0.3 is 10.2 Å². The number of halogens is 1. The fourth-order valence-electron chi connectivity index (χ4n) is 5.03. The van der Waals surface area contributed by atoms with Crippen molar-refractivity contribution in [1.29, 1.82) is 5.26 Å². The summed E-state index contributed by atoms with van der Waals surface area (Å²) in [6.45, 7) is 1.84. The minimum atomic E-state index is -2.94. The maximum absolute atomic E-state index is 14.3. The Morgan fingerprint density at radius 1 is 1.00 bits per heavy atom. The van der Waals surface area contributed by atoms with Crippen LogP contribution in [0.25, 0.3) is 16.9 Å². The molecule has 9 heteroatoms. The number of benzene rings is 2. The predicted molar refractivity (Wildman–Crippen MR) is 140 cm³/mol. The van der Waals surface area contributed by atoms with Crippen LogP contribution in [0.5, 0.6) is 0 Å². The highest BCUT2D eigenvalue weighted by Gasteiger charge is 2.22. The molecule has 2 fully saturated rings. The summed E-state index contributed by atoms with van der Waals surface area (Å²) in [5.41, 5.74) is 3.07. The lowest BCUT2D eigenvalue weighted by molar-refractivity contribution is 0.373. The quantitative estimate of drug-likeness (QED) is 0.517. The van der Waals surface area contributed by atoms with E-state index in [2.05, 4.69) is 10.2 Å². The van der Waals surface area contributed by atoms with Gasteiger partial charge in [0.25, 0.3) is 0 Å². The van der Waals surface area contributed by atoms with Crippen LogP contribution in [-0.2, 0) is 9.84 Å². The van der Waals surface area contributed by atoms with E-state index in [0.29, 0.717) is 30.3 Å². The van der Waals surface area contributed by atoms with Crippen LogP contribution < -0.4 is 10.2 Å². The van der Waals surface area contributed by atoms with E-state index >= 15 is 0 Å². The van der Waals surface area contributed by atoms with Crippen LogP contribution >= 0.6 is 0 Å². The number of nitrogens with zero attached hydrogens (tertiary/aromatic N) is 4. The number of rotatable bonds is 6. The fourth-order valence-corrected chi connectivity index (χ4v) is 6.23. The molecule has 1 saturated carbocycles. The van der Waals surface area contributed by atoms with Crippen molar-refractivity contribution in [2.45, 2.75) is 32.1 Å². The normalized spacial score (nSPS) is 18.1. The van der Waals surface area contributed by atoms with E-state index in [0.717, 1.165) is 23.7 Å². The Balaban J connectivity index is 1.42. The molecule has 1 aliphatic heterocycles. The average Bonchev–Trinajstić information content (AvgIpc) is 3.32. The molecule has 7 nitrogen and oxygen atoms in total. The molecular formula is C27H30FN5O2S. The molecule has 0 bridgehead atoms. The minimum absolute atomic E-state index is 0.00920. The maximum atomic E-state index is 14.3. The van der Waals surface area contributed by atoms with Gasteiger partial charge >= 0.3 is 0 Å². The number of hydrogen-bond donors (Lipinski definition) is 1. The highest BCUT2D eigenvalue weighted by Crippen LogP contribution is 2.29. The summed E-state index contributed by atoms with van der Waals surface area (Å²) in [4.78, 5) is 2.08. The van der Waals surface area contributed by atoms with Gasteiger partial charge in [-0.05, 0) is 55.2 Å². The molecule has 188 valence electrons. The van der Waals surface area contributed by atoms with Gasteiger partial charge in [0, 0.05) is 37.0 Å². The number of hydrogen-bond acceptors (Lipinski definition) is 6. The fraction of sp³-hybridized carbons (Fsp3) is 0.407. The minimum Gasteiger partial charge on any atom is -0.370 e. The second kappa shape index (κ2) is 10.3. The molecule has 0 unspecified atom stereocenters. The SMILES string of the molecule is N#Cc1ccc(-c2cc(NCC3CCCCC3)n(-c3ccc(N4CCS(=O)(=O)CC4)cc3)n2)cc1F. The molecule has 1 aromatic heterocycles. The van der Waals surface area contributed by atoms with Crippen LogP contribution in [0.15, 0.2) is 48.5 Å². The molecule has 0 spiro atoms. The van der Waals surface area contributed by atoms with E-state index < -0.39 is 15.7 Å². The second-order valence-corrected chi connectivity index (χ2v) is 12.0. The van der Waals surface area contributed by atoms with Crippen molar-refractivity contribution in [3.8, 4) is 23.0 Å². The van der Waals surface area contributed by atoms with Gasteiger partial charge in [-0.3, -0.25) is 0 Å². The van der Waals surface area contributed by atoms with Gasteiger partial charge in [0.1, 0.15) is 17.7 Å². The lowest BCUT2D eigenvalue weighted by Crippen LogP contribution is -2.40. The van der Waals surface area contributed by atoms with Crippen LogP contribution in [0.3, 0.4) is 0 Å². The molecule has 36 heavy (non-hydrogen) atoms. The first-order valence-electron chi connectivity index (χ1n) is 12.5. The highest BCUT2D eigenvalue weighted by molar-refractivity contribution is 7.91. The highest BCUT2D eigenvalue weighted by atomic mass is 32.2. The topological polar surface area (TPSA) is 91.0 Å². The summed E-state index contributed by atoms with van der Waals surface area (Å²) in [6.07, 6.45) is 6.27. The van der Waals surface area contributed by atoms with Crippen LogP contribution in [0, 0.1) is 23.1 Å². The van der Waals surface area contributed by atoms with Crippen molar-refractivity contribution in [2.75, 3.05) is 41.4 Å². The molecule has 2 heterocycles. The van der Waals surface area contributed by atoms with Crippen LogP contribution in [0.2, 0.25) is 0 Å². The molecule has 3 aromatic rings. The van der Waals surface area contributed by atoms with E-state index in [1.165, 1.54) is 44.2 Å². The van der Waals surface area contributed by atoms with Gasteiger partial charge in [0.15, 0.2) is 9.84 Å². The molecular weight excluding hydrogens is 477 g/mol. The summed E-state index contributed by atoms with van der Waals surface area (Å²) in [7, 11) is -2.94. The lowest BCUT2D eigenvalue weighted by Gasteiger charge is -2.28. The maximum Gasteiger partial charge on any atom is 0.153 e. The zero-order valence-corrected chi connectivity index (χ0v) is 21.0.